The summed E-state index contributed by atoms with van der Waals surface area (Å²) < 4.78 is 28.8. The molecule has 1 saturated carbocycles. The van der Waals surface area contributed by atoms with Crippen LogP contribution in [0.5, 0.6) is 0 Å². The van der Waals surface area contributed by atoms with E-state index in [0.717, 1.165) is 50.8 Å². The first-order valence-corrected chi connectivity index (χ1v) is 11.0. The molecule has 2 heterocycles. The molecule has 1 aliphatic carbocycles. The molecule has 7 heteroatoms. The molecule has 1 saturated heterocycles. The summed E-state index contributed by atoms with van der Waals surface area (Å²) in [6.45, 7) is 2.66. The number of benzene rings is 1. The molecular formula is C19H27N3O3S. The van der Waals surface area contributed by atoms with Crippen LogP contribution in [0.25, 0.3) is 0 Å². The van der Waals surface area contributed by atoms with Gasteiger partial charge in [0.25, 0.3) is 5.91 Å². The van der Waals surface area contributed by atoms with Gasteiger partial charge in [-0.3, -0.25) is 4.79 Å². The molecule has 1 N–H and O–H groups in total. The minimum Gasteiger partial charge on any atom is -0.352 e. The van der Waals surface area contributed by atoms with Crippen molar-refractivity contribution < 1.29 is 13.2 Å². The van der Waals surface area contributed by atoms with Crippen LogP contribution in [0.2, 0.25) is 0 Å². The molecule has 0 aromatic heterocycles. The second-order valence-corrected chi connectivity index (χ2v) is 9.79. The van der Waals surface area contributed by atoms with E-state index in [1.165, 1.54) is 6.42 Å². The minimum atomic E-state index is -3.62. The molecule has 1 aromatic rings. The lowest BCUT2D eigenvalue weighted by atomic mass is 9.80. The van der Waals surface area contributed by atoms with Gasteiger partial charge in [0, 0.05) is 37.3 Å². The Hall–Kier alpha value is -1.44. The molecule has 0 radical (unpaired) electrons. The largest absolute Gasteiger partial charge is 0.352 e. The molecule has 6 nitrogen and oxygen atoms in total. The summed E-state index contributed by atoms with van der Waals surface area (Å²) in [6, 6.07) is 5.07. The summed E-state index contributed by atoms with van der Waals surface area (Å²) in [4.78, 5) is 14.7. The predicted molar refractivity (Wildman–Crippen MR) is 99.7 cm³/mol. The van der Waals surface area contributed by atoms with Crippen LogP contribution in [-0.4, -0.2) is 62.3 Å². The van der Waals surface area contributed by atoms with Crippen molar-refractivity contribution in [3.8, 4) is 0 Å². The van der Waals surface area contributed by atoms with Gasteiger partial charge in [0.05, 0.1) is 4.90 Å². The number of amides is 1. The number of nitrogens with one attached hydrogen (secondary N) is 1. The summed E-state index contributed by atoms with van der Waals surface area (Å²) in [7, 11) is -1.55. The van der Waals surface area contributed by atoms with E-state index in [-0.39, 0.29) is 16.3 Å². The maximum absolute atomic E-state index is 13.5. The van der Waals surface area contributed by atoms with Crippen molar-refractivity contribution in [2.75, 3.05) is 33.2 Å². The smallest absolute Gasteiger partial charge is 0.251 e. The Morgan fingerprint density at radius 2 is 1.88 bits per heavy atom. The van der Waals surface area contributed by atoms with Gasteiger partial charge in [-0.2, -0.15) is 4.31 Å². The number of sulfonamides is 1. The van der Waals surface area contributed by atoms with Crippen molar-refractivity contribution in [2.24, 2.45) is 0 Å². The first-order valence-electron chi connectivity index (χ1n) is 9.55. The number of nitrogens with zero attached hydrogens (tertiary/aromatic N) is 2. The van der Waals surface area contributed by atoms with Crippen LogP contribution in [0.3, 0.4) is 0 Å². The SMILES string of the molecule is CN1CCN(S(=O)(=O)c2ccc3c(c2)C(=O)NCC3)C2(CCCCC2)C1. The van der Waals surface area contributed by atoms with Gasteiger partial charge >= 0.3 is 0 Å². The third-order valence-corrected chi connectivity index (χ3v) is 8.16. The molecule has 1 amide bonds. The predicted octanol–water partition coefficient (Wildman–Crippen LogP) is 1.61. The van der Waals surface area contributed by atoms with Crippen LogP contribution in [-0.2, 0) is 16.4 Å². The van der Waals surface area contributed by atoms with Crippen LogP contribution in [0.1, 0.15) is 48.0 Å². The van der Waals surface area contributed by atoms with Crippen molar-refractivity contribution in [1.29, 1.82) is 0 Å². The number of rotatable bonds is 2. The van der Waals surface area contributed by atoms with Crippen LogP contribution in [0, 0.1) is 0 Å². The van der Waals surface area contributed by atoms with E-state index in [2.05, 4.69) is 17.3 Å². The maximum Gasteiger partial charge on any atom is 0.251 e. The van der Waals surface area contributed by atoms with E-state index in [9.17, 15) is 13.2 Å². The lowest BCUT2D eigenvalue weighted by Crippen LogP contribution is -2.63. The summed E-state index contributed by atoms with van der Waals surface area (Å²) in [6.07, 6.45) is 5.92. The van der Waals surface area contributed by atoms with Crippen LogP contribution < -0.4 is 5.32 Å². The average Bonchev–Trinajstić information content (AvgIpc) is 2.62. The highest BCUT2D eigenvalue weighted by molar-refractivity contribution is 7.89. The molecule has 2 fully saturated rings. The highest BCUT2D eigenvalue weighted by Crippen LogP contribution is 2.39. The Bertz CT molecular complexity index is 815. The Morgan fingerprint density at radius 3 is 2.65 bits per heavy atom. The number of hydrogen-bond donors (Lipinski definition) is 1. The maximum atomic E-state index is 13.5. The first kappa shape index (κ1) is 17.9. The number of carbonyl (C=O) groups excluding carboxylic acids is 1. The van der Waals surface area contributed by atoms with Crippen molar-refractivity contribution in [1.82, 2.24) is 14.5 Å². The van der Waals surface area contributed by atoms with E-state index in [4.69, 9.17) is 0 Å². The highest BCUT2D eigenvalue weighted by Gasteiger charge is 2.47. The fourth-order valence-corrected chi connectivity index (χ4v) is 6.66. The summed E-state index contributed by atoms with van der Waals surface area (Å²) in [5, 5.41) is 2.81. The Morgan fingerprint density at radius 1 is 1.12 bits per heavy atom. The van der Waals surface area contributed by atoms with Gasteiger partial charge in [0.2, 0.25) is 10.0 Å². The molecule has 142 valence electrons. The van der Waals surface area contributed by atoms with E-state index in [0.29, 0.717) is 18.7 Å². The molecule has 3 aliphatic rings. The standard InChI is InChI=1S/C19H27N3O3S/c1-21-11-12-22(19(14-21)8-3-2-4-9-19)26(24,25)16-6-5-15-7-10-20-18(23)17(15)13-16/h5-6,13H,2-4,7-12,14H2,1H3,(H,20,23). The van der Waals surface area contributed by atoms with Crippen molar-refractivity contribution >= 4 is 15.9 Å². The van der Waals surface area contributed by atoms with Gasteiger partial charge in [-0.1, -0.05) is 25.3 Å². The lowest BCUT2D eigenvalue weighted by Gasteiger charge is -2.51. The Balaban J connectivity index is 1.73. The zero-order valence-electron chi connectivity index (χ0n) is 15.3. The van der Waals surface area contributed by atoms with Gasteiger partial charge in [-0.25, -0.2) is 8.42 Å². The fourth-order valence-electron chi connectivity index (χ4n) is 4.83. The number of likely N-dealkylation sites (N-methyl/N-ethyl adjacent to an activating group) is 1. The van der Waals surface area contributed by atoms with Crippen molar-refractivity contribution in [3.05, 3.63) is 29.3 Å². The van der Waals surface area contributed by atoms with E-state index in [1.807, 2.05) is 6.07 Å². The second-order valence-electron chi connectivity index (χ2n) is 7.92. The van der Waals surface area contributed by atoms with E-state index >= 15 is 0 Å². The van der Waals surface area contributed by atoms with Crippen molar-refractivity contribution in [2.45, 2.75) is 49.0 Å². The average molecular weight is 378 g/mol. The molecule has 0 atom stereocenters. The van der Waals surface area contributed by atoms with Crippen molar-refractivity contribution in [3.63, 3.8) is 0 Å². The summed E-state index contributed by atoms with van der Waals surface area (Å²) >= 11 is 0. The number of carbonyl (C=O) groups is 1. The fraction of sp³-hybridized carbons (Fsp3) is 0.632. The van der Waals surface area contributed by atoms with Crippen LogP contribution in [0.4, 0.5) is 0 Å². The zero-order chi connectivity index (χ0) is 18.4. The highest BCUT2D eigenvalue weighted by atomic mass is 32.2. The molecular weight excluding hydrogens is 350 g/mol. The van der Waals surface area contributed by atoms with Crippen LogP contribution in [0.15, 0.2) is 23.1 Å². The first-order chi connectivity index (χ1) is 12.4. The van der Waals surface area contributed by atoms with E-state index < -0.39 is 10.0 Å². The van der Waals surface area contributed by atoms with E-state index in [1.54, 1.807) is 16.4 Å². The van der Waals surface area contributed by atoms with Gasteiger partial charge in [0.1, 0.15) is 0 Å². The topological polar surface area (TPSA) is 69.7 Å². The number of hydrogen-bond acceptors (Lipinski definition) is 4. The molecule has 0 unspecified atom stereocenters. The third kappa shape index (κ3) is 2.96. The quantitative estimate of drug-likeness (QED) is 0.850. The molecule has 0 bridgehead atoms. The van der Waals surface area contributed by atoms with Gasteiger partial charge < -0.3 is 10.2 Å². The number of piperazine rings is 1. The minimum absolute atomic E-state index is 0.172. The molecule has 2 aliphatic heterocycles. The lowest BCUT2D eigenvalue weighted by molar-refractivity contribution is 0.0412. The molecule has 4 rings (SSSR count). The molecule has 1 spiro atoms. The second kappa shape index (κ2) is 6.62. The molecule has 1 aromatic carbocycles. The molecule has 26 heavy (non-hydrogen) atoms. The summed E-state index contributed by atoms with van der Waals surface area (Å²) in [5.74, 6) is -0.172. The Labute approximate surface area is 155 Å². The zero-order valence-corrected chi connectivity index (χ0v) is 16.1. The third-order valence-electron chi connectivity index (χ3n) is 6.16. The monoisotopic (exact) mass is 377 g/mol. The Kier molecular flexibility index (Phi) is 4.57. The van der Waals surface area contributed by atoms with Gasteiger partial charge in [-0.15, -0.1) is 0 Å². The summed E-state index contributed by atoms with van der Waals surface area (Å²) in [5.41, 5.74) is 1.13. The van der Waals surface area contributed by atoms with Crippen LogP contribution >= 0.6 is 0 Å². The van der Waals surface area contributed by atoms with Gasteiger partial charge in [-0.05, 0) is 44.0 Å². The normalized spacial score (nSPS) is 24.3. The van der Waals surface area contributed by atoms with Gasteiger partial charge in [0.15, 0.2) is 0 Å². The number of fused-ring (bicyclic) bond motifs is 1.